The number of nitrogens with one attached hydrogen (secondary N) is 2. The molecular weight excluding hydrogens is 372 g/mol. The van der Waals surface area contributed by atoms with Crippen LogP contribution in [-0.4, -0.2) is 37.9 Å². The SMILES string of the molecule is CNS(=O)(=O)c1cccc2c1CCN(C(=O)NC(C)c1csc(C)n1)C2. The highest BCUT2D eigenvalue weighted by Gasteiger charge is 2.27. The van der Waals surface area contributed by atoms with Crippen LogP contribution in [0.3, 0.4) is 0 Å². The first kappa shape index (κ1) is 18.8. The molecule has 2 N–H and O–H groups in total. The van der Waals surface area contributed by atoms with Crippen molar-refractivity contribution in [2.75, 3.05) is 13.6 Å². The largest absolute Gasteiger partial charge is 0.330 e. The summed E-state index contributed by atoms with van der Waals surface area (Å²) in [6.45, 7) is 4.69. The molecule has 2 aromatic rings. The van der Waals surface area contributed by atoms with Gasteiger partial charge in [0.25, 0.3) is 0 Å². The minimum atomic E-state index is -3.51. The Hall–Kier alpha value is -1.97. The lowest BCUT2D eigenvalue weighted by atomic mass is 10.00. The predicted molar refractivity (Wildman–Crippen MR) is 101 cm³/mol. The van der Waals surface area contributed by atoms with Gasteiger partial charge in [0.15, 0.2) is 0 Å². The Morgan fingerprint density at radius 1 is 1.38 bits per heavy atom. The van der Waals surface area contributed by atoms with Crippen LogP contribution in [0.5, 0.6) is 0 Å². The van der Waals surface area contributed by atoms with Crippen LogP contribution in [0.25, 0.3) is 0 Å². The number of hydrogen-bond donors (Lipinski definition) is 2. The van der Waals surface area contributed by atoms with Crippen molar-refractivity contribution in [1.29, 1.82) is 0 Å². The molecule has 1 atom stereocenters. The molecule has 1 aromatic heterocycles. The van der Waals surface area contributed by atoms with E-state index in [-0.39, 0.29) is 12.1 Å². The van der Waals surface area contributed by atoms with E-state index in [1.165, 1.54) is 7.05 Å². The summed E-state index contributed by atoms with van der Waals surface area (Å²) in [5.41, 5.74) is 2.50. The van der Waals surface area contributed by atoms with Crippen LogP contribution in [0.4, 0.5) is 4.79 Å². The number of nitrogens with zero attached hydrogens (tertiary/aromatic N) is 2. The average molecular weight is 395 g/mol. The maximum Gasteiger partial charge on any atom is 0.318 e. The minimum absolute atomic E-state index is 0.171. The second kappa shape index (κ2) is 7.34. The fourth-order valence-electron chi connectivity index (χ4n) is 3.04. The van der Waals surface area contributed by atoms with Crippen LogP contribution in [0.2, 0.25) is 0 Å². The highest BCUT2D eigenvalue weighted by Crippen LogP contribution is 2.26. The molecule has 0 bridgehead atoms. The van der Waals surface area contributed by atoms with Gasteiger partial charge in [-0.25, -0.2) is 22.9 Å². The molecule has 0 saturated heterocycles. The first-order valence-corrected chi connectivity index (χ1v) is 10.7. The number of aromatic nitrogens is 1. The van der Waals surface area contributed by atoms with Crippen LogP contribution < -0.4 is 10.0 Å². The fraction of sp³-hybridized carbons (Fsp3) is 0.412. The van der Waals surface area contributed by atoms with E-state index in [1.807, 2.05) is 25.3 Å². The van der Waals surface area contributed by atoms with E-state index < -0.39 is 10.0 Å². The Labute approximate surface area is 157 Å². The number of rotatable bonds is 4. The van der Waals surface area contributed by atoms with Gasteiger partial charge in [-0.15, -0.1) is 11.3 Å². The van der Waals surface area contributed by atoms with Crippen molar-refractivity contribution in [3.8, 4) is 0 Å². The molecular formula is C17H22N4O3S2. The summed E-state index contributed by atoms with van der Waals surface area (Å²) in [5, 5.41) is 5.88. The van der Waals surface area contributed by atoms with E-state index >= 15 is 0 Å². The van der Waals surface area contributed by atoms with E-state index in [2.05, 4.69) is 15.0 Å². The quantitative estimate of drug-likeness (QED) is 0.832. The number of urea groups is 1. The van der Waals surface area contributed by atoms with Crippen molar-refractivity contribution in [3.05, 3.63) is 45.4 Å². The fourth-order valence-corrected chi connectivity index (χ4v) is 4.78. The van der Waals surface area contributed by atoms with Gasteiger partial charge < -0.3 is 10.2 Å². The zero-order valence-corrected chi connectivity index (χ0v) is 16.6. The van der Waals surface area contributed by atoms with Gasteiger partial charge in [0.05, 0.1) is 21.6 Å². The van der Waals surface area contributed by atoms with Crippen molar-refractivity contribution in [2.45, 2.75) is 37.8 Å². The molecule has 2 heterocycles. The molecule has 3 rings (SSSR count). The van der Waals surface area contributed by atoms with E-state index in [0.717, 1.165) is 21.8 Å². The van der Waals surface area contributed by atoms with Gasteiger partial charge in [0, 0.05) is 18.5 Å². The van der Waals surface area contributed by atoms with Crippen LogP contribution in [-0.2, 0) is 23.0 Å². The average Bonchev–Trinajstić information content (AvgIpc) is 3.07. The monoisotopic (exact) mass is 394 g/mol. The third-order valence-corrected chi connectivity index (χ3v) is 6.78. The van der Waals surface area contributed by atoms with E-state index in [1.54, 1.807) is 28.4 Å². The normalized spacial score (nSPS) is 15.4. The molecule has 1 aliphatic heterocycles. The van der Waals surface area contributed by atoms with Crippen LogP contribution >= 0.6 is 11.3 Å². The summed E-state index contributed by atoms with van der Waals surface area (Å²) in [4.78, 5) is 19.0. The second-order valence-electron chi connectivity index (χ2n) is 6.24. The molecule has 26 heavy (non-hydrogen) atoms. The number of carbonyl (C=O) groups excluding carboxylic acids is 1. The smallest absolute Gasteiger partial charge is 0.318 e. The van der Waals surface area contributed by atoms with Crippen LogP contribution in [0.1, 0.15) is 34.8 Å². The molecule has 0 radical (unpaired) electrons. The molecule has 0 aliphatic carbocycles. The molecule has 0 fully saturated rings. The number of fused-ring (bicyclic) bond motifs is 1. The lowest BCUT2D eigenvalue weighted by Gasteiger charge is -2.31. The Kier molecular flexibility index (Phi) is 5.31. The minimum Gasteiger partial charge on any atom is -0.330 e. The molecule has 9 heteroatoms. The topological polar surface area (TPSA) is 91.4 Å². The third kappa shape index (κ3) is 3.74. The summed E-state index contributed by atoms with van der Waals surface area (Å²) >= 11 is 1.55. The molecule has 2 amide bonds. The van der Waals surface area contributed by atoms with E-state index in [4.69, 9.17) is 0 Å². The predicted octanol–water partition coefficient (Wildman–Crippen LogP) is 2.19. The van der Waals surface area contributed by atoms with Crippen molar-refractivity contribution in [1.82, 2.24) is 19.9 Å². The van der Waals surface area contributed by atoms with Crippen molar-refractivity contribution < 1.29 is 13.2 Å². The third-order valence-electron chi connectivity index (χ3n) is 4.49. The van der Waals surface area contributed by atoms with Crippen LogP contribution in [0.15, 0.2) is 28.5 Å². The van der Waals surface area contributed by atoms with Gasteiger partial charge in [-0.05, 0) is 44.5 Å². The highest BCUT2D eigenvalue weighted by molar-refractivity contribution is 7.89. The highest BCUT2D eigenvalue weighted by atomic mass is 32.2. The van der Waals surface area contributed by atoms with Crippen molar-refractivity contribution in [2.24, 2.45) is 0 Å². The standard InChI is InChI=1S/C17H22N4O3S2/c1-11(15-10-25-12(2)20-15)19-17(22)21-8-7-14-13(9-21)5-4-6-16(14)26(23,24)18-3/h4-6,10-11,18H,7-9H2,1-3H3,(H,19,22). The van der Waals surface area contributed by atoms with Gasteiger partial charge in [-0.3, -0.25) is 0 Å². The number of aryl methyl sites for hydroxylation is 1. The summed E-state index contributed by atoms with van der Waals surface area (Å²) in [6.07, 6.45) is 0.504. The first-order chi connectivity index (χ1) is 12.3. The Bertz CT molecular complexity index is 924. The lowest BCUT2D eigenvalue weighted by molar-refractivity contribution is 0.188. The number of sulfonamides is 1. The molecule has 140 valence electrons. The molecule has 1 aromatic carbocycles. The first-order valence-electron chi connectivity index (χ1n) is 8.33. The Balaban J connectivity index is 1.74. The van der Waals surface area contributed by atoms with Gasteiger partial charge in [0.2, 0.25) is 10.0 Å². The molecule has 1 aliphatic rings. The summed E-state index contributed by atoms with van der Waals surface area (Å²) < 4.78 is 26.7. The maximum atomic E-state index is 12.6. The Morgan fingerprint density at radius 3 is 2.81 bits per heavy atom. The number of carbonyl (C=O) groups is 1. The number of benzene rings is 1. The van der Waals surface area contributed by atoms with E-state index in [9.17, 15) is 13.2 Å². The van der Waals surface area contributed by atoms with Gasteiger partial charge in [0.1, 0.15) is 0 Å². The van der Waals surface area contributed by atoms with Gasteiger partial charge in [-0.2, -0.15) is 0 Å². The zero-order chi connectivity index (χ0) is 18.9. The number of hydrogen-bond acceptors (Lipinski definition) is 5. The molecule has 0 saturated carbocycles. The molecule has 1 unspecified atom stereocenters. The second-order valence-corrected chi connectivity index (χ2v) is 9.15. The maximum absolute atomic E-state index is 12.6. The summed E-state index contributed by atoms with van der Waals surface area (Å²) in [6, 6.07) is 4.84. The number of thiazole rings is 1. The van der Waals surface area contributed by atoms with E-state index in [0.29, 0.717) is 24.4 Å². The lowest BCUT2D eigenvalue weighted by Crippen LogP contribution is -2.44. The van der Waals surface area contributed by atoms with Crippen LogP contribution in [0, 0.1) is 6.92 Å². The molecule has 0 spiro atoms. The molecule has 7 nitrogen and oxygen atoms in total. The van der Waals surface area contributed by atoms with Crippen molar-refractivity contribution >= 4 is 27.4 Å². The van der Waals surface area contributed by atoms with Gasteiger partial charge in [-0.1, -0.05) is 12.1 Å². The summed E-state index contributed by atoms with van der Waals surface area (Å²) in [7, 11) is -2.10. The Morgan fingerprint density at radius 2 is 2.15 bits per heavy atom. The van der Waals surface area contributed by atoms with Gasteiger partial charge >= 0.3 is 6.03 Å². The summed E-state index contributed by atoms with van der Waals surface area (Å²) in [5.74, 6) is 0. The van der Waals surface area contributed by atoms with Crippen molar-refractivity contribution in [3.63, 3.8) is 0 Å². The zero-order valence-electron chi connectivity index (χ0n) is 14.9. The number of amides is 2.